The maximum Gasteiger partial charge on any atom is 0.0589 e. The van der Waals surface area contributed by atoms with Crippen molar-refractivity contribution in [1.29, 1.82) is 0 Å². The molecule has 0 radical (unpaired) electrons. The molecule has 1 aliphatic rings. The molecule has 17 heavy (non-hydrogen) atoms. The van der Waals surface area contributed by atoms with Crippen LogP contribution in [0.2, 0.25) is 0 Å². The van der Waals surface area contributed by atoms with Gasteiger partial charge in [0.25, 0.3) is 0 Å². The molecule has 0 aliphatic carbocycles. The standard InChI is InChI=1S/C13H28N2O2/c1-4-13(5-6-14-11-13)12-15(7-9-16-2)8-10-17-3/h14H,4-12H2,1-3H3. The third-order valence-electron chi connectivity index (χ3n) is 3.86. The van der Waals surface area contributed by atoms with Gasteiger partial charge < -0.3 is 14.8 Å². The van der Waals surface area contributed by atoms with Crippen molar-refractivity contribution in [1.82, 2.24) is 10.2 Å². The molecule has 0 aromatic heterocycles. The molecule has 0 spiro atoms. The molecule has 0 saturated carbocycles. The van der Waals surface area contributed by atoms with Crippen molar-refractivity contribution in [2.45, 2.75) is 19.8 Å². The van der Waals surface area contributed by atoms with Crippen molar-refractivity contribution in [3.8, 4) is 0 Å². The van der Waals surface area contributed by atoms with Gasteiger partial charge >= 0.3 is 0 Å². The fraction of sp³-hybridized carbons (Fsp3) is 1.00. The summed E-state index contributed by atoms with van der Waals surface area (Å²) in [7, 11) is 3.53. The second-order valence-corrected chi connectivity index (χ2v) is 5.04. The summed E-state index contributed by atoms with van der Waals surface area (Å²) in [4.78, 5) is 2.48. The monoisotopic (exact) mass is 244 g/mol. The van der Waals surface area contributed by atoms with Gasteiger partial charge in [-0.2, -0.15) is 0 Å². The lowest BCUT2D eigenvalue weighted by Gasteiger charge is -2.34. The van der Waals surface area contributed by atoms with Gasteiger partial charge in [0.15, 0.2) is 0 Å². The molecule has 1 unspecified atom stereocenters. The maximum atomic E-state index is 5.19. The van der Waals surface area contributed by atoms with E-state index >= 15 is 0 Å². The number of rotatable bonds is 9. The Bertz CT molecular complexity index is 186. The van der Waals surface area contributed by atoms with Gasteiger partial charge in [0, 0.05) is 40.4 Å². The quantitative estimate of drug-likeness (QED) is 0.655. The molecule has 1 heterocycles. The minimum atomic E-state index is 0.460. The van der Waals surface area contributed by atoms with Crippen LogP contribution in [0.25, 0.3) is 0 Å². The minimum absolute atomic E-state index is 0.460. The SMILES string of the molecule is CCC1(CN(CCOC)CCOC)CCNC1. The van der Waals surface area contributed by atoms with E-state index in [4.69, 9.17) is 9.47 Å². The van der Waals surface area contributed by atoms with Crippen molar-refractivity contribution in [2.24, 2.45) is 5.41 Å². The van der Waals surface area contributed by atoms with Crippen molar-refractivity contribution in [3.63, 3.8) is 0 Å². The van der Waals surface area contributed by atoms with Crippen LogP contribution in [0.4, 0.5) is 0 Å². The van der Waals surface area contributed by atoms with Gasteiger partial charge in [0.2, 0.25) is 0 Å². The van der Waals surface area contributed by atoms with Crippen LogP contribution >= 0.6 is 0 Å². The van der Waals surface area contributed by atoms with Gasteiger partial charge in [0.05, 0.1) is 13.2 Å². The molecule has 102 valence electrons. The fourth-order valence-electron chi connectivity index (χ4n) is 2.53. The van der Waals surface area contributed by atoms with Gasteiger partial charge in [-0.05, 0) is 24.8 Å². The van der Waals surface area contributed by atoms with Crippen LogP contribution < -0.4 is 5.32 Å². The Morgan fingerprint density at radius 2 is 1.82 bits per heavy atom. The normalized spacial score (nSPS) is 24.7. The Morgan fingerprint density at radius 3 is 2.24 bits per heavy atom. The number of hydrogen-bond donors (Lipinski definition) is 1. The van der Waals surface area contributed by atoms with Crippen molar-refractivity contribution in [2.75, 3.05) is 60.2 Å². The first-order chi connectivity index (χ1) is 8.26. The maximum absolute atomic E-state index is 5.19. The second-order valence-electron chi connectivity index (χ2n) is 5.04. The summed E-state index contributed by atoms with van der Waals surface area (Å²) in [5, 5.41) is 3.49. The number of nitrogens with one attached hydrogen (secondary N) is 1. The Kier molecular flexibility index (Phi) is 7.04. The van der Waals surface area contributed by atoms with Gasteiger partial charge in [-0.3, -0.25) is 4.90 Å². The first-order valence-corrected chi connectivity index (χ1v) is 6.67. The fourth-order valence-corrected chi connectivity index (χ4v) is 2.53. The van der Waals surface area contributed by atoms with E-state index in [0.29, 0.717) is 5.41 Å². The summed E-state index contributed by atoms with van der Waals surface area (Å²) >= 11 is 0. The third-order valence-corrected chi connectivity index (χ3v) is 3.86. The molecule has 0 aromatic carbocycles. The Hall–Kier alpha value is -0.160. The van der Waals surface area contributed by atoms with Crippen LogP contribution in [0.3, 0.4) is 0 Å². The zero-order valence-electron chi connectivity index (χ0n) is 11.6. The molecule has 4 nitrogen and oxygen atoms in total. The average molecular weight is 244 g/mol. The third kappa shape index (κ3) is 4.92. The highest BCUT2D eigenvalue weighted by atomic mass is 16.5. The van der Waals surface area contributed by atoms with Crippen molar-refractivity contribution < 1.29 is 9.47 Å². The van der Waals surface area contributed by atoms with E-state index in [9.17, 15) is 0 Å². The molecule has 1 N–H and O–H groups in total. The van der Waals surface area contributed by atoms with Gasteiger partial charge in [-0.15, -0.1) is 0 Å². The highest BCUT2D eigenvalue weighted by molar-refractivity contribution is 4.89. The lowest BCUT2D eigenvalue weighted by molar-refractivity contribution is 0.0826. The summed E-state index contributed by atoms with van der Waals surface area (Å²) < 4.78 is 10.4. The van der Waals surface area contributed by atoms with Crippen LogP contribution in [0.5, 0.6) is 0 Å². The summed E-state index contributed by atoms with van der Waals surface area (Å²) in [5.41, 5.74) is 0.460. The summed E-state index contributed by atoms with van der Waals surface area (Å²) in [5.74, 6) is 0. The van der Waals surface area contributed by atoms with E-state index in [-0.39, 0.29) is 0 Å². The molecule has 1 aliphatic heterocycles. The molecule has 0 aromatic rings. The van der Waals surface area contributed by atoms with Crippen LogP contribution in [0, 0.1) is 5.41 Å². The van der Waals surface area contributed by atoms with Gasteiger partial charge in [0.1, 0.15) is 0 Å². The van der Waals surface area contributed by atoms with Gasteiger partial charge in [-0.25, -0.2) is 0 Å². The van der Waals surface area contributed by atoms with Crippen LogP contribution in [-0.2, 0) is 9.47 Å². The molecule has 4 heteroatoms. The highest BCUT2D eigenvalue weighted by Gasteiger charge is 2.33. The first kappa shape index (κ1) is 14.9. The molecule has 1 rings (SSSR count). The molecule has 0 bridgehead atoms. The van der Waals surface area contributed by atoms with Crippen LogP contribution in [0.1, 0.15) is 19.8 Å². The summed E-state index contributed by atoms with van der Waals surface area (Å²) in [6.07, 6.45) is 2.54. The summed E-state index contributed by atoms with van der Waals surface area (Å²) in [6.45, 7) is 9.38. The largest absolute Gasteiger partial charge is 0.383 e. The number of ether oxygens (including phenoxy) is 2. The highest BCUT2D eigenvalue weighted by Crippen LogP contribution is 2.30. The molecule has 1 atom stereocenters. The topological polar surface area (TPSA) is 33.7 Å². The number of nitrogens with zero attached hydrogens (tertiary/aromatic N) is 1. The zero-order valence-corrected chi connectivity index (χ0v) is 11.6. The smallest absolute Gasteiger partial charge is 0.0589 e. The lowest BCUT2D eigenvalue weighted by atomic mass is 9.83. The Morgan fingerprint density at radius 1 is 1.18 bits per heavy atom. The van der Waals surface area contributed by atoms with E-state index in [1.165, 1.54) is 12.8 Å². The second kappa shape index (κ2) is 8.03. The van der Waals surface area contributed by atoms with Gasteiger partial charge in [-0.1, -0.05) is 6.92 Å². The Balaban J connectivity index is 2.44. The van der Waals surface area contributed by atoms with E-state index < -0.39 is 0 Å². The van der Waals surface area contributed by atoms with E-state index in [0.717, 1.165) is 45.9 Å². The zero-order chi connectivity index (χ0) is 12.6. The molecular weight excluding hydrogens is 216 g/mol. The molecular formula is C13H28N2O2. The summed E-state index contributed by atoms with van der Waals surface area (Å²) in [6, 6.07) is 0. The van der Waals surface area contributed by atoms with Crippen LogP contribution in [0.15, 0.2) is 0 Å². The molecule has 0 amide bonds. The minimum Gasteiger partial charge on any atom is -0.383 e. The predicted octanol–water partition coefficient (Wildman–Crippen LogP) is 0.971. The van der Waals surface area contributed by atoms with Crippen LogP contribution in [-0.4, -0.2) is 65.1 Å². The van der Waals surface area contributed by atoms with E-state index in [1.807, 2.05) is 0 Å². The van der Waals surface area contributed by atoms with E-state index in [1.54, 1.807) is 14.2 Å². The first-order valence-electron chi connectivity index (χ1n) is 6.67. The number of methoxy groups -OCH3 is 2. The predicted molar refractivity (Wildman–Crippen MR) is 70.4 cm³/mol. The Labute approximate surface area is 106 Å². The van der Waals surface area contributed by atoms with Crippen molar-refractivity contribution in [3.05, 3.63) is 0 Å². The lowest BCUT2D eigenvalue weighted by Crippen LogP contribution is -2.41. The number of hydrogen-bond acceptors (Lipinski definition) is 4. The molecule has 1 saturated heterocycles. The van der Waals surface area contributed by atoms with Crippen molar-refractivity contribution >= 4 is 0 Å². The average Bonchev–Trinajstić information content (AvgIpc) is 2.82. The van der Waals surface area contributed by atoms with E-state index in [2.05, 4.69) is 17.1 Å². The molecule has 1 fully saturated rings.